The van der Waals surface area contributed by atoms with Gasteiger partial charge in [-0.2, -0.15) is 0 Å². The number of amides is 11. The molecule has 115 heavy (non-hydrogen) atoms. The van der Waals surface area contributed by atoms with Crippen LogP contribution >= 0.6 is 0 Å². The van der Waals surface area contributed by atoms with Crippen LogP contribution in [0.5, 0.6) is 0 Å². The molecule has 1 aliphatic rings. The SMILES string of the molecule is CC(=O)N[C@@H](Cc1ccc2ccccc2c1)C(=O)N[C@@H](Cc1cnc[nH]1)C(=O)N[C@@H](Cc1c[nH]c2ccccc12)C(=O)N[C@@H](CO)C(=O)N[C@@H](Cc1cnc[nH]1)C(=O)N[C@H](CCCNC(=N)N)C(=O)N[C@@H](Cc1c[nH]c2ccccc12)C(=O)N[C@@H](Cc1ccc(C(=O)c2ccccc2)cc1)C(=O)N1CCC[C@H]1C(=O)N(N)CC(N)=O. The molecule has 21 N–H and O–H groups in total. The topological polar surface area (TPSA) is 531 Å². The number of imidazole rings is 2. The van der Waals surface area contributed by atoms with Crippen LogP contribution in [0, 0.1) is 5.41 Å². The lowest BCUT2D eigenvalue weighted by Crippen LogP contribution is -2.62. The number of aromatic nitrogens is 6. The summed E-state index contributed by atoms with van der Waals surface area (Å²) in [6.45, 7) is -0.437. The van der Waals surface area contributed by atoms with Gasteiger partial charge in [0.1, 0.15) is 60.9 Å². The van der Waals surface area contributed by atoms with Crippen LogP contribution in [0.4, 0.5) is 0 Å². The van der Waals surface area contributed by atoms with Crippen molar-refractivity contribution in [3.05, 3.63) is 228 Å². The second-order valence-electron chi connectivity index (χ2n) is 28.1. The molecule has 10 aromatic rings. The van der Waals surface area contributed by atoms with Crippen LogP contribution in [-0.2, 0) is 91.3 Å². The van der Waals surface area contributed by atoms with Crippen molar-refractivity contribution in [2.75, 3.05) is 26.2 Å². The first-order valence-electron chi connectivity index (χ1n) is 37.4. The van der Waals surface area contributed by atoms with E-state index in [2.05, 4.69) is 77.8 Å². The Bertz CT molecular complexity index is 5150. The molecule has 1 fully saturated rings. The highest BCUT2D eigenvalue weighted by Crippen LogP contribution is 2.26. The third-order valence-electron chi connectivity index (χ3n) is 19.8. The molecule has 0 saturated carbocycles. The number of aromatic amines is 4. The molecule has 34 nitrogen and oxygen atoms in total. The van der Waals surface area contributed by atoms with E-state index in [-0.39, 0.29) is 76.7 Å². The Morgan fingerprint density at radius 2 is 0.983 bits per heavy atom. The van der Waals surface area contributed by atoms with Gasteiger partial charge in [-0.05, 0) is 70.8 Å². The number of hydrogen-bond donors (Lipinski definition) is 18. The number of nitrogens with two attached hydrogens (primary N) is 3. The number of carbonyl (C=O) groups excluding carboxylic acids is 12. The molecule has 0 radical (unpaired) electrons. The Hall–Kier alpha value is -13.9. The van der Waals surface area contributed by atoms with Crippen molar-refractivity contribution < 1.29 is 62.6 Å². The largest absolute Gasteiger partial charge is 0.394 e. The van der Waals surface area contributed by atoms with Crippen molar-refractivity contribution in [3.8, 4) is 0 Å². The Labute approximate surface area is 658 Å². The number of likely N-dealkylation sites (tertiary alicyclic amines) is 1. The number of aliphatic hydroxyl groups excluding tert-OH is 1. The highest BCUT2D eigenvalue weighted by molar-refractivity contribution is 6.09. The number of nitrogens with zero attached hydrogens (tertiary/aromatic N) is 4. The Morgan fingerprint density at radius 1 is 0.522 bits per heavy atom. The van der Waals surface area contributed by atoms with E-state index in [0.717, 1.165) is 10.8 Å². The van der Waals surface area contributed by atoms with E-state index in [1.165, 1.54) is 36.9 Å². The minimum absolute atomic E-state index is 0.00314. The normalized spacial score (nSPS) is 14.6. The van der Waals surface area contributed by atoms with Crippen LogP contribution in [0.25, 0.3) is 32.6 Å². The van der Waals surface area contributed by atoms with Crippen LogP contribution in [0.2, 0.25) is 0 Å². The number of nitrogens with one attached hydrogen (secondary N) is 14. The van der Waals surface area contributed by atoms with Gasteiger partial charge in [0.15, 0.2) is 11.7 Å². The summed E-state index contributed by atoms with van der Waals surface area (Å²) in [6, 6.07) is 29.0. The summed E-state index contributed by atoms with van der Waals surface area (Å²) in [5.41, 5.74) is 16.1. The third-order valence-corrected chi connectivity index (χ3v) is 19.8. The Balaban J connectivity index is 0.852. The first-order valence-corrected chi connectivity index (χ1v) is 37.4. The van der Waals surface area contributed by atoms with E-state index in [9.17, 15) is 38.7 Å². The molecule has 0 spiro atoms. The third kappa shape index (κ3) is 22.0. The molecule has 598 valence electrons. The highest BCUT2D eigenvalue weighted by Gasteiger charge is 2.42. The number of aliphatic hydroxyl groups is 1. The van der Waals surface area contributed by atoms with Gasteiger partial charge in [0.05, 0.1) is 19.3 Å². The standard InChI is InChI=1S/C81H91N21O13/c1-46(104)93-62(33-48-25-26-49-13-5-6-16-52(49)31-48)73(108)97-66(37-56-41-87-45-92-56)77(112)96-64(35-54-39-90-60-20-10-8-18-58(54)60)75(110)100-68(43-103)78(113)98-65(36-55-40-86-44-91-55)76(111)94-61(21-11-29-88-81(83)84)72(107)95-63(34-53-38-89-59-19-9-7-17-57(53)59)74(109)99-67(79(114)101-30-12-22-69(101)80(115)102(85)42-70(82)105)32-47-23-27-51(28-24-47)71(106)50-14-3-2-4-15-50/h2-10,13-20,23-28,31,38-41,44-45,61-69,89-90,103H,11-12,21-22,29-30,32-37,42-43,85H2,1H3,(H2,82,105)(H,86,91)(H,87,92)(H,93,104)(H,94,111)(H,95,107)(H,96,112)(H,97,108)(H,98,113)(H,99,109)(H,100,110)(H4,83,84,88)/t61-,62+,63+,64+,65+,66+,67+,68+,69+/m1/s1. The maximum Gasteiger partial charge on any atom is 0.259 e. The molecule has 9 atom stereocenters. The lowest BCUT2D eigenvalue weighted by Gasteiger charge is -2.31. The summed E-state index contributed by atoms with van der Waals surface area (Å²) < 4.78 is 0. The van der Waals surface area contributed by atoms with E-state index in [4.69, 9.17) is 22.7 Å². The van der Waals surface area contributed by atoms with Crippen LogP contribution in [-0.4, -0.2) is 202 Å². The second-order valence-corrected chi connectivity index (χ2v) is 28.1. The smallest absolute Gasteiger partial charge is 0.259 e. The van der Waals surface area contributed by atoms with E-state index in [0.29, 0.717) is 78.0 Å². The number of benzene rings is 6. The van der Waals surface area contributed by atoms with Gasteiger partial charge in [-0.3, -0.25) is 68.0 Å². The summed E-state index contributed by atoms with van der Waals surface area (Å²) in [5.74, 6) is -4.19. The minimum atomic E-state index is -1.85. The number of rotatable bonds is 38. The predicted molar refractivity (Wildman–Crippen MR) is 423 cm³/mol. The van der Waals surface area contributed by atoms with Crippen LogP contribution in [0.15, 0.2) is 183 Å². The van der Waals surface area contributed by atoms with Gasteiger partial charge in [0, 0.05) is 128 Å². The van der Waals surface area contributed by atoms with Crippen LogP contribution in [0.3, 0.4) is 0 Å². The van der Waals surface area contributed by atoms with E-state index in [1.807, 2.05) is 42.5 Å². The van der Waals surface area contributed by atoms with Crippen LogP contribution in [0.1, 0.15) is 82.2 Å². The average molecular weight is 1570 g/mol. The molecule has 4 aromatic heterocycles. The predicted octanol–water partition coefficient (Wildman–Crippen LogP) is 0.568. The van der Waals surface area contributed by atoms with E-state index < -0.39 is 138 Å². The van der Waals surface area contributed by atoms with Gasteiger partial charge in [-0.1, -0.05) is 133 Å². The van der Waals surface area contributed by atoms with Gasteiger partial charge < -0.3 is 89.3 Å². The minimum Gasteiger partial charge on any atom is -0.394 e. The lowest BCUT2D eigenvalue weighted by molar-refractivity contribution is -0.146. The number of hydrogen-bond acceptors (Lipinski definition) is 17. The molecule has 34 heteroatoms. The summed E-state index contributed by atoms with van der Waals surface area (Å²) >= 11 is 0. The molecule has 6 aromatic carbocycles. The maximum absolute atomic E-state index is 15.5. The molecule has 1 aliphatic heterocycles. The van der Waals surface area contributed by atoms with E-state index >= 15 is 24.0 Å². The van der Waals surface area contributed by atoms with Crippen molar-refractivity contribution in [2.24, 2.45) is 17.3 Å². The number of carbonyl (C=O) groups is 12. The monoisotopic (exact) mass is 1570 g/mol. The van der Waals surface area contributed by atoms with Crippen molar-refractivity contribution in [1.29, 1.82) is 5.41 Å². The number of para-hydroxylation sites is 2. The molecular formula is C81H91N21O13. The molecule has 0 aliphatic carbocycles. The number of hydrazine groups is 1. The average Bonchev–Trinajstić information content (AvgIpc) is 1.64. The number of ketones is 1. The molecule has 1 saturated heterocycles. The number of primary amides is 1. The molecule has 0 unspecified atom stereocenters. The number of guanidine groups is 1. The molecule has 11 rings (SSSR count). The summed E-state index contributed by atoms with van der Waals surface area (Å²) in [6.07, 6.45) is 7.90. The van der Waals surface area contributed by atoms with Gasteiger partial charge in [0.2, 0.25) is 59.1 Å². The van der Waals surface area contributed by atoms with Gasteiger partial charge in [-0.15, -0.1) is 0 Å². The van der Waals surface area contributed by atoms with Crippen molar-refractivity contribution in [1.82, 2.24) is 87.7 Å². The first-order chi connectivity index (χ1) is 55.4. The van der Waals surface area contributed by atoms with E-state index in [1.54, 1.807) is 116 Å². The molecular weight excluding hydrogens is 1480 g/mol. The Morgan fingerprint density at radius 3 is 1.51 bits per heavy atom. The zero-order chi connectivity index (χ0) is 81.7. The Kier molecular flexibility index (Phi) is 27.7. The summed E-state index contributed by atoms with van der Waals surface area (Å²) in [5, 5.41) is 47.2. The zero-order valence-electron chi connectivity index (χ0n) is 62.8. The van der Waals surface area contributed by atoms with Crippen molar-refractivity contribution >= 4 is 109 Å². The first kappa shape index (κ1) is 82.1. The fourth-order valence-electron chi connectivity index (χ4n) is 14.0. The van der Waals surface area contributed by atoms with Gasteiger partial charge in [0.25, 0.3) is 5.91 Å². The number of H-pyrrole nitrogens is 4. The lowest BCUT2D eigenvalue weighted by atomic mass is 9.98. The quantitative estimate of drug-likeness (QED) is 0.00478. The summed E-state index contributed by atoms with van der Waals surface area (Å²) in [7, 11) is 0. The molecule has 11 amide bonds. The zero-order valence-corrected chi connectivity index (χ0v) is 62.8. The fraction of sp³-hybridized carbons (Fsp3) is 0.296. The highest BCUT2D eigenvalue weighted by atomic mass is 16.3. The van der Waals surface area contributed by atoms with Gasteiger partial charge in [-0.25, -0.2) is 15.8 Å². The fourth-order valence-corrected chi connectivity index (χ4v) is 14.0. The second kappa shape index (κ2) is 38.8. The van der Waals surface area contributed by atoms with Crippen LogP contribution < -0.4 is 65.2 Å². The van der Waals surface area contributed by atoms with Crippen molar-refractivity contribution in [3.63, 3.8) is 0 Å². The van der Waals surface area contributed by atoms with Crippen molar-refractivity contribution in [2.45, 2.75) is 126 Å². The molecule has 0 bridgehead atoms. The van der Waals surface area contributed by atoms with Gasteiger partial charge >= 0.3 is 0 Å². The maximum atomic E-state index is 15.5. The summed E-state index contributed by atoms with van der Waals surface area (Å²) in [4.78, 5) is 194. The number of fused-ring (bicyclic) bond motifs is 3. The molecule has 5 heterocycles.